The van der Waals surface area contributed by atoms with E-state index in [0.717, 1.165) is 12.1 Å². The van der Waals surface area contributed by atoms with E-state index in [1.807, 2.05) is 0 Å². The van der Waals surface area contributed by atoms with E-state index < -0.39 is 11.7 Å². The number of hydrogen-bond donors (Lipinski definition) is 2. The Morgan fingerprint density at radius 1 is 1.62 bits per heavy atom. The summed E-state index contributed by atoms with van der Waals surface area (Å²) >= 11 is 0. The molecule has 1 aromatic carbocycles. The van der Waals surface area contributed by atoms with Gasteiger partial charge in [-0.15, -0.1) is 0 Å². The Balaban J connectivity index is 3.20. The summed E-state index contributed by atoms with van der Waals surface area (Å²) in [5, 5.41) is 8.47. The van der Waals surface area contributed by atoms with Crippen molar-refractivity contribution in [2.24, 2.45) is 5.84 Å². The van der Waals surface area contributed by atoms with Crippen LogP contribution in [0.25, 0.3) is 0 Å². The van der Waals surface area contributed by atoms with Gasteiger partial charge >= 0.3 is 0 Å². The van der Waals surface area contributed by atoms with Crippen LogP contribution >= 0.6 is 0 Å². The van der Waals surface area contributed by atoms with Gasteiger partial charge in [0.15, 0.2) is 0 Å². The summed E-state index contributed by atoms with van der Waals surface area (Å²) in [5.41, 5.74) is 1.76. The van der Waals surface area contributed by atoms with Crippen LogP contribution in [-0.4, -0.2) is 5.91 Å². The van der Waals surface area contributed by atoms with Crippen LogP contribution in [0.1, 0.15) is 15.9 Å². The van der Waals surface area contributed by atoms with Crippen LogP contribution in [0, 0.1) is 17.1 Å². The lowest BCUT2D eigenvalue weighted by atomic mass is 10.1. The van der Waals surface area contributed by atoms with Crippen LogP contribution in [0.5, 0.6) is 0 Å². The van der Waals surface area contributed by atoms with Crippen molar-refractivity contribution in [3.05, 3.63) is 35.1 Å². The van der Waals surface area contributed by atoms with E-state index in [2.05, 4.69) is 0 Å². The minimum Gasteiger partial charge on any atom is -0.290 e. The zero-order chi connectivity index (χ0) is 9.84. The van der Waals surface area contributed by atoms with Crippen molar-refractivity contribution < 1.29 is 9.18 Å². The van der Waals surface area contributed by atoms with E-state index >= 15 is 0 Å². The summed E-state index contributed by atoms with van der Waals surface area (Å²) in [6.45, 7) is 0. The van der Waals surface area contributed by atoms with Crippen molar-refractivity contribution >= 4 is 5.91 Å². The molecular weight excluding hydrogens is 173 g/mol. The van der Waals surface area contributed by atoms with Crippen molar-refractivity contribution in [2.75, 3.05) is 0 Å². The highest BCUT2D eigenvalue weighted by molar-refractivity contribution is 5.94. The van der Waals surface area contributed by atoms with Crippen LogP contribution in [0.15, 0.2) is 18.2 Å². The van der Waals surface area contributed by atoms with Gasteiger partial charge in [-0.2, -0.15) is 5.26 Å². The monoisotopic (exact) mass is 179 g/mol. The molecule has 1 aromatic rings. The minimum atomic E-state index is -0.755. The smallest absolute Gasteiger partial charge is 0.268 e. The summed E-state index contributed by atoms with van der Waals surface area (Å²) in [6.07, 6.45) is 0. The predicted octanol–water partition coefficient (Wildman–Crippen LogP) is 0.301. The molecule has 0 fully saturated rings. The van der Waals surface area contributed by atoms with Gasteiger partial charge in [0.25, 0.3) is 5.91 Å². The molecule has 0 atom stereocenters. The topological polar surface area (TPSA) is 78.9 Å². The fourth-order valence-electron chi connectivity index (χ4n) is 0.847. The molecule has 1 rings (SSSR count). The lowest BCUT2D eigenvalue weighted by Crippen LogP contribution is -2.30. The van der Waals surface area contributed by atoms with Crippen LogP contribution in [0.3, 0.4) is 0 Å². The number of nitrogen functional groups attached to an aromatic ring is 1. The van der Waals surface area contributed by atoms with Gasteiger partial charge in [0, 0.05) is 0 Å². The number of amides is 1. The van der Waals surface area contributed by atoms with Crippen LogP contribution < -0.4 is 11.3 Å². The molecular formula is C8H6FN3O. The zero-order valence-corrected chi connectivity index (χ0v) is 6.54. The lowest BCUT2D eigenvalue weighted by Gasteiger charge is -2.00. The maximum Gasteiger partial charge on any atom is 0.268 e. The molecule has 1 amide bonds. The van der Waals surface area contributed by atoms with Gasteiger partial charge in [0.05, 0.1) is 17.2 Å². The van der Waals surface area contributed by atoms with Gasteiger partial charge < -0.3 is 0 Å². The number of rotatable bonds is 1. The maximum atomic E-state index is 12.9. The standard InChI is InChI=1S/C8H6FN3O/c9-7-2-1-5(4-10)3-6(7)8(13)12-11/h1-3H,11H2,(H,12,13). The Morgan fingerprint density at radius 3 is 2.85 bits per heavy atom. The fraction of sp³-hybridized carbons (Fsp3) is 0. The third kappa shape index (κ3) is 1.80. The number of benzene rings is 1. The van der Waals surface area contributed by atoms with Gasteiger partial charge in [-0.1, -0.05) is 0 Å². The number of halogens is 1. The highest BCUT2D eigenvalue weighted by Gasteiger charge is 2.10. The first-order valence-electron chi connectivity index (χ1n) is 3.39. The van der Waals surface area contributed by atoms with E-state index in [4.69, 9.17) is 11.1 Å². The normalized spacial score (nSPS) is 9.00. The van der Waals surface area contributed by atoms with E-state index in [-0.39, 0.29) is 11.1 Å². The average Bonchev–Trinajstić information content (AvgIpc) is 2.17. The van der Waals surface area contributed by atoms with Crippen molar-refractivity contribution in [1.29, 1.82) is 5.26 Å². The van der Waals surface area contributed by atoms with E-state index in [1.165, 1.54) is 6.07 Å². The molecule has 0 aliphatic carbocycles. The maximum absolute atomic E-state index is 12.9. The highest BCUT2D eigenvalue weighted by atomic mass is 19.1. The van der Waals surface area contributed by atoms with Gasteiger partial charge in [-0.05, 0) is 18.2 Å². The summed E-state index contributed by atoms with van der Waals surface area (Å²) in [4.78, 5) is 10.9. The molecule has 3 N–H and O–H groups in total. The van der Waals surface area contributed by atoms with E-state index in [9.17, 15) is 9.18 Å². The van der Waals surface area contributed by atoms with Gasteiger partial charge in [-0.3, -0.25) is 10.2 Å². The summed E-state index contributed by atoms with van der Waals surface area (Å²) in [5.74, 6) is 3.35. The number of nitrogens with zero attached hydrogens (tertiary/aromatic N) is 1. The second kappa shape index (κ2) is 3.65. The first-order valence-corrected chi connectivity index (χ1v) is 3.39. The molecule has 0 unspecified atom stereocenters. The van der Waals surface area contributed by atoms with Gasteiger partial charge in [-0.25, -0.2) is 10.2 Å². The Bertz CT molecular complexity index is 383. The Hall–Kier alpha value is -1.93. The molecule has 4 nitrogen and oxygen atoms in total. The molecule has 0 radical (unpaired) electrons. The molecule has 0 saturated carbocycles. The Labute approximate surface area is 73.7 Å². The quantitative estimate of drug-likeness (QED) is 0.369. The minimum absolute atomic E-state index is 0.208. The molecule has 5 heteroatoms. The number of nitriles is 1. The second-order valence-corrected chi connectivity index (χ2v) is 2.28. The number of nitrogens with two attached hydrogens (primary N) is 1. The molecule has 0 saturated heterocycles. The van der Waals surface area contributed by atoms with E-state index in [1.54, 1.807) is 11.5 Å². The Kier molecular flexibility index (Phi) is 2.57. The first kappa shape index (κ1) is 9.16. The molecule has 0 spiro atoms. The molecule has 0 bridgehead atoms. The molecule has 0 aliphatic rings. The number of hydrazine groups is 1. The molecule has 66 valence electrons. The highest BCUT2D eigenvalue weighted by Crippen LogP contribution is 2.09. The van der Waals surface area contributed by atoms with Crippen LogP contribution in [-0.2, 0) is 0 Å². The lowest BCUT2D eigenvalue weighted by molar-refractivity contribution is 0.0949. The fourth-order valence-corrected chi connectivity index (χ4v) is 0.847. The van der Waals surface area contributed by atoms with Gasteiger partial charge in [0.1, 0.15) is 5.82 Å². The van der Waals surface area contributed by atoms with Crippen LogP contribution in [0.2, 0.25) is 0 Å². The first-order chi connectivity index (χ1) is 6.19. The molecule has 13 heavy (non-hydrogen) atoms. The average molecular weight is 179 g/mol. The molecule has 0 aromatic heterocycles. The summed E-state index contributed by atoms with van der Waals surface area (Å²) in [7, 11) is 0. The van der Waals surface area contributed by atoms with Crippen molar-refractivity contribution in [1.82, 2.24) is 5.43 Å². The van der Waals surface area contributed by atoms with Gasteiger partial charge in [0.2, 0.25) is 0 Å². The summed E-state index contributed by atoms with van der Waals surface area (Å²) < 4.78 is 12.9. The number of carbonyl (C=O) groups is 1. The Morgan fingerprint density at radius 2 is 2.31 bits per heavy atom. The molecule has 0 aliphatic heterocycles. The van der Waals surface area contributed by atoms with Crippen molar-refractivity contribution in [2.45, 2.75) is 0 Å². The third-order valence-corrected chi connectivity index (χ3v) is 1.47. The SMILES string of the molecule is N#Cc1ccc(F)c(C(=O)NN)c1. The third-order valence-electron chi connectivity index (χ3n) is 1.47. The van der Waals surface area contributed by atoms with Crippen molar-refractivity contribution in [3.8, 4) is 6.07 Å². The zero-order valence-electron chi connectivity index (χ0n) is 6.54. The predicted molar refractivity (Wildman–Crippen MR) is 42.8 cm³/mol. The molecule has 0 heterocycles. The van der Waals surface area contributed by atoms with Crippen molar-refractivity contribution in [3.63, 3.8) is 0 Å². The number of hydrogen-bond acceptors (Lipinski definition) is 3. The summed E-state index contributed by atoms with van der Waals surface area (Å²) in [6, 6.07) is 5.25. The number of nitrogens with one attached hydrogen (secondary N) is 1. The largest absolute Gasteiger partial charge is 0.290 e. The number of carbonyl (C=O) groups excluding carboxylic acids is 1. The van der Waals surface area contributed by atoms with Crippen LogP contribution in [0.4, 0.5) is 4.39 Å². The van der Waals surface area contributed by atoms with E-state index in [0.29, 0.717) is 0 Å². The second-order valence-electron chi connectivity index (χ2n) is 2.28.